The van der Waals surface area contributed by atoms with Crippen LogP contribution in [0.3, 0.4) is 0 Å². The first kappa shape index (κ1) is 20.1. The first-order chi connectivity index (χ1) is 13.9. The summed E-state index contributed by atoms with van der Waals surface area (Å²) in [5, 5.41) is 0. The normalized spacial score (nSPS) is 20.1. The Morgan fingerprint density at radius 3 is 2.03 bits per heavy atom. The molecule has 2 aliphatic rings. The van der Waals surface area contributed by atoms with E-state index in [0.717, 1.165) is 18.8 Å². The van der Waals surface area contributed by atoms with Crippen molar-refractivity contribution in [1.82, 2.24) is 23.0 Å². The highest BCUT2D eigenvalue weighted by Gasteiger charge is 2.34. The third-order valence-electron chi connectivity index (χ3n) is 5.64. The minimum atomic E-state index is -3.46. The molecule has 3 heterocycles. The number of hydrogen-bond acceptors (Lipinski definition) is 4. The van der Waals surface area contributed by atoms with Crippen molar-refractivity contribution in [2.75, 3.05) is 59.4 Å². The van der Waals surface area contributed by atoms with Gasteiger partial charge in [-0.15, -0.1) is 0 Å². The third kappa shape index (κ3) is 4.23. The molecule has 2 aromatic rings. The van der Waals surface area contributed by atoms with E-state index in [2.05, 4.69) is 4.90 Å². The molecule has 0 atom stereocenters. The monoisotopic (exact) mass is 417 g/mol. The van der Waals surface area contributed by atoms with Gasteiger partial charge in [0, 0.05) is 76.0 Å². The van der Waals surface area contributed by atoms with Gasteiger partial charge in [-0.3, -0.25) is 4.79 Å². The van der Waals surface area contributed by atoms with Crippen LogP contribution >= 0.6 is 0 Å². The Morgan fingerprint density at radius 2 is 1.41 bits per heavy atom. The Morgan fingerprint density at radius 1 is 0.828 bits per heavy atom. The molecular weight excluding hydrogens is 390 g/mol. The van der Waals surface area contributed by atoms with Crippen molar-refractivity contribution in [2.24, 2.45) is 0 Å². The summed E-state index contributed by atoms with van der Waals surface area (Å²) in [6.07, 6.45) is 3.87. The Labute approximate surface area is 172 Å². The van der Waals surface area contributed by atoms with Crippen LogP contribution < -0.4 is 0 Å². The summed E-state index contributed by atoms with van der Waals surface area (Å²) in [5.74, 6) is -0.0596. The van der Waals surface area contributed by atoms with Crippen LogP contribution in [0.25, 0.3) is 5.69 Å². The lowest BCUT2D eigenvalue weighted by atomic mass is 10.1. The van der Waals surface area contributed by atoms with Gasteiger partial charge in [0.25, 0.3) is 16.1 Å². The Hall–Kier alpha value is -2.20. The van der Waals surface area contributed by atoms with Crippen LogP contribution in [-0.2, 0) is 10.2 Å². The number of carbonyl (C=O) groups is 1. The minimum Gasteiger partial charge on any atom is -0.336 e. The summed E-state index contributed by atoms with van der Waals surface area (Å²) in [5.41, 5.74) is 1.55. The molecule has 1 aromatic carbocycles. The van der Waals surface area contributed by atoms with Gasteiger partial charge in [0.05, 0.1) is 0 Å². The average molecular weight is 418 g/mol. The summed E-state index contributed by atoms with van der Waals surface area (Å²) in [6.45, 7) is 3.99. The topological polar surface area (TPSA) is 69.1 Å². The van der Waals surface area contributed by atoms with E-state index in [0.29, 0.717) is 44.8 Å². The number of likely N-dealkylation sites (N-methyl/N-ethyl adjacent to an activating group) is 1. The molecule has 1 aromatic heterocycles. The highest BCUT2D eigenvalue weighted by Crippen LogP contribution is 2.17. The molecule has 2 fully saturated rings. The smallest absolute Gasteiger partial charge is 0.282 e. The lowest BCUT2D eigenvalue weighted by Gasteiger charge is -2.39. The summed E-state index contributed by atoms with van der Waals surface area (Å²) < 4.78 is 30.8. The number of carbonyl (C=O) groups excluding carboxylic acids is 1. The summed E-state index contributed by atoms with van der Waals surface area (Å²) in [4.78, 5) is 16.8. The van der Waals surface area contributed by atoms with E-state index in [1.54, 1.807) is 9.21 Å². The molecule has 156 valence electrons. The van der Waals surface area contributed by atoms with Gasteiger partial charge in [-0.05, 0) is 37.4 Å². The van der Waals surface area contributed by atoms with Crippen LogP contribution in [-0.4, -0.2) is 96.7 Å². The lowest BCUT2D eigenvalue weighted by Crippen LogP contribution is -2.57. The molecule has 4 rings (SSSR count). The SMILES string of the molecule is CN1CCN(S(=O)(=O)N2CCN(C(=O)c3cccc(-n4cccc4)c3)CC2)CC1. The van der Waals surface area contributed by atoms with Crippen LogP contribution in [0.15, 0.2) is 48.8 Å². The van der Waals surface area contributed by atoms with E-state index < -0.39 is 10.2 Å². The van der Waals surface area contributed by atoms with Crippen LogP contribution in [0.1, 0.15) is 10.4 Å². The van der Waals surface area contributed by atoms with Crippen molar-refractivity contribution in [2.45, 2.75) is 0 Å². The van der Waals surface area contributed by atoms with E-state index in [-0.39, 0.29) is 5.91 Å². The molecule has 2 saturated heterocycles. The third-order valence-corrected chi connectivity index (χ3v) is 7.67. The maximum Gasteiger partial charge on any atom is 0.282 e. The molecule has 0 N–H and O–H groups in total. The van der Waals surface area contributed by atoms with Gasteiger partial charge < -0.3 is 14.4 Å². The summed E-state index contributed by atoms with van der Waals surface area (Å²) in [6, 6.07) is 11.4. The van der Waals surface area contributed by atoms with E-state index in [1.807, 2.05) is 60.4 Å². The number of amides is 1. The maximum absolute atomic E-state index is 12.9. The molecule has 29 heavy (non-hydrogen) atoms. The molecular formula is C20H27N5O3S. The summed E-state index contributed by atoms with van der Waals surface area (Å²) >= 11 is 0. The van der Waals surface area contributed by atoms with Gasteiger partial charge >= 0.3 is 0 Å². The molecule has 0 aliphatic carbocycles. The van der Waals surface area contributed by atoms with Crippen LogP contribution in [0.5, 0.6) is 0 Å². The van der Waals surface area contributed by atoms with E-state index >= 15 is 0 Å². The number of aromatic nitrogens is 1. The highest BCUT2D eigenvalue weighted by atomic mass is 32.2. The number of benzene rings is 1. The van der Waals surface area contributed by atoms with Gasteiger partial charge in [-0.2, -0.15) is 17.0 Å². The molecule has 2 aliphatic heterocycles. The molecule has 8 nitrogen and oxygen atoms in total. The highest BCUT2D eigenvalue weighted by molar-refractivity contribution is 7.86. The Balaban J connectivity index is 1.39. The van der Waals surface area contributed by atoms with E-state index in [4.69, 9.17) is 0 Å². The second-order valence-electron chi connectivity index (χ2n) is 7.54. The molecule has 0 spiro atoms. The van der Waals surface area contributed by atoms with Gasteiger partial charge in [0.15, 0.2) is 0 Å². The van der Waals surface area contributed by atoms with Crippen molar-refractivity contribution in [3.8, 4) is 5.69 Å². The molecule has 0 unspecified atom stereocenters. The Bertz CT molecular complexity index is 944. The Kier molecular flexibility index (Phi) is 5.73. The largest absolute Gasteiger partial charge is 0.336 e. The van der Waals surface area contributed by atoms with Crippen LogP contribution in [0.2, 0.25) is 0 Å². The fraction of sp³-hybridized carbons (Fsp3) is 0.450. The van der Waals surface area contributed by atoms with Crippen molar-refractivity contribution in [3.05, 3.63) is 54.4 Å². The first-order valence-corrected chi connectivity index (χ1v) is 11.3. The second-order valence-corrected chi connectivity index (χ2v) is 9.47. The predicted molar refractivity (Wildman–Crippen MR) is 111 cm³/mol. The van der Waals surface area contributed by atoms with Gasteiger partial charge in [0.1, 0.15) is 0 Å². The van der Waals surface area contributed by atoms with Gasteiger partial charge in [-0.1, -0.05) is 6.07 Å². The number of hydrogen-bond donors (Lipinski definition) is 0. The average Bonchev–Trinajstić information content (AvgIpc) is 3.29. The fourth-order valence-corrected chi connectivity index (χ4v) is 5.37. The molecule has 0 saturated carbocycles. The maximum atomic E-state index is 12.9. The summed E-state index contributed by atoms with van der Waals surface area (Å²) in [7, 11) is -1.46. The molecule has 9 heteroatoms. The number of nitrogens with zero attached hydrogens (tertiary/aromatic N) is 5. The predicted octanol–water partition coefficient (Wildman–Crippen LogP) is 0.727. The lowest BCUT2D eigenvalue weighted by molar-refractivity contribution is 0.0692. The van der Waals surface area contributed by atoms with Crippen LogP contribution in [0.4, 0.5) is 0 Å². The quantitative estimate of drug-likeness (QED) is 0.736. The minimum absolute atomic E-state index is 0.0596. The zero-order valence-electron chi connectivity index (χ0n) is 16.6. The van der Waals surface area contributed by atoms with Gasteiger partial charge in [0.2, 0.25) is 0 Å². The molecule has 1 amide bonds. The zero-order valence-corrected chi connectivity index (χ0v) is 17.5. The van der Waals surface area contributed by atoms with Gasteiger partial charge in [-0.25, -0.2) is 0 Å². The standard InChI is InChI=1S/C20H27N5O3S/c1-21-9-13-24(14-10-21)29(27,28)25-15-11-23(12-16-25)20(26)18-5-4-6-19(17-18)22-7-2-3-8-22/h2-8,17H,9-16H2,1H3. The fourth-order valence-electron chi connectivity index (χ4n) is 3.79. The van der Waals surface area contributed by atoms with E-state index in [9.17, 15) is 13.2 Å². The van der Waals surface area contributed by atoms with Crippen molar-refractivity contribution in [3.63, 3.8) is 0 Å². The zero-order chi connectivity index (χ0) is 20.4. The first-order valence-electron chi connectivity index (χ1n) is 9.91. The number of rotatable bonds is 4. The second kappa shape index (κ2) is 8.27. The molecule has 0 bridgehead atoms. The number of piperazine rings is 2. The van der Waals surface area contributed by atoms with Crippen molar-refractivity contribution < 1.29 is 13.2 Å². The van der Waals surface area contributed by atoms with Crippen LogP contribution in [0, 0.1) is 0 Å². The van der Waals surface area contributed by atoms with Crippen molar-refractivity contribution in [1.29, 1.82) is 0 Å². The van der Waals surface area contributed by atoms with Crippen molar-refractivity contribution >= 4 is 16.1 Å². The molecule has 0 radical (unpaired) electrons. The van der Waals surface area contributed by atoms with E-state index in [1.165, 1.54) is 4.31 Å².